The molecule has 0 saturated heterocycles. The van der Waals surface area contributed by atoms with Gasteiger partial charge in [0.15, 0.2) is 0 Å². The molecule has 0 aliphatic heterocycles. The average Bonchev–Trinajstić information content (AvgIpc) is 2.67. The SMILES string of the molecule is CCNC(=O)[C@@H](C)N(Cc1ccc(Cl)cc1)C(=O)CSCc1cccc(C)c1. The number of nitrogens with one attached hydrogen (secondary N) is 1. The quantitative estimate of drug-likeness (QED) is 0.655. The van der Waals surface area contributed by atoms with E-state index in [2.05, 4.69) is 30.4 Å². The lowest BCUT2D eigenvalue weighted by Crippen LogP contribution is -2.48. The zero-order chi connectivity index (χ0) is 20.5. The molecule has 0 aromatic heterocycles. The first kappa shape index (κ1) is 22.3. The number of hydrogen-bond donors (Lipinski definition) is 1. The molecule has 0 spiro atoms. The van der Waals surface area contributed by atoms with Gasteiger partial charge in [-0.2, -0.15) is 0 Å². The van der Waals surface area contributed by atoms with Gasteiger partial charge in [-0.25, -0.2) is 0 Å². The van der Waals surface area contributed by atoms with E-state index in [9.17, 15) is 9.59 Å². The molecule has 0 bridgehead atoms. The first-order valence-electron chi connectivity index (χ1n) is 9.35. The van der Waals surface area contributed by atoms with E-state index in [0.29, 0.717) is 23.9 Å². The van der Waals surface area contributed by atoms with Gasteiger partial charge in [0.25, 0.3) is 0 Å². The normalized spacial score (nSPS) is 11.7. The lowest BCUT2D eigenvalue weighted by atomic mass is 10.1. The summed E-state index contributed by atoms with van der Waals surface area (Å²) in [6.07, 6.45) is 0. The Bertz CT molecular complexity index is 795. The van der Waals surface area contributed by atoms with E-state index in [1.165, 1.54) is 11.1 Å². The highest BCUT2D eigenvalue weighted by atomic mass is 35.5. The summed E-state index contributed by atoms with van der Waals surface area (Å²) in [4.78, 5) is 26.9. The molecule has 2 rings (SSSR count). The number of hydrogen-bond acceptors (Lipinski definition) is 3. The van der Waals surface area contributed by atoms with E-state index in [0.717, 1.165) is 11.3 Å². The zero-order valence-electron chi connectivity index (χ0n) is 16.6. The van der Waals surface area contributed by atoms with E-state index >= 15 is 0 Å². The summed E-state index contributed by atoms with van der Waals surface area (Å²) < 4.78 is 0. The van der Waals surface area contributed by atoms with Crippen LogP contribution in [0.4, 0.5) is 0 Å². The fourth-order valence-electron chi connectivity index (χ4n) is 2.83. The molecule has 1 N–H and O–H groups in total. The third-order valence-corrected chi connectivity index (χ3v) is 5.60. The molecule has 0 radical (unpaired) electrons. The first-order chi connectivity index (χ1) is 13.4. The molecule has 0 aliphatic carbocycles. The minimum atomic E-state index is -0.539. The zero-order valence-corrected chi connectivity index (χ0v) is 18.1. The third kappa shape index (κ3) is 6.88. The molecule has 1 atom stereocenters. The number of carbonyl (C=O) groups excluding carboxylic acids is 2. The van der Waals surface area contributed by atoms with Crippen LogP contribution >= 0.6 is 23.4 Å². The van der Waals surface area contributed by atoms with Gasteiger partial charge in [-0.05, 0) is 44.0 Å². The van der Waals surface area contributed by atoms with Crippen molar-refractivity contribution in [2.24, 2.45) is 0 Å². The molecule has 0 aliphatic rings. The Hall–Kier alpha value is -1.98. The van der Waals surface area contributed by atoms with Crippen molar-refractivity contribution >= 4 is 35.2 Å². The molecule has 0 saturated carbocycles. The van der Waals surface area contributed by atoms with Crippen molar-refractivity contribution in [2.75, 3.05) is 12.3 Å². The van der Waals surface area contributed by atoms with Crippen LogP contribution in [0.3, 0.4) is 0 Å². The van der Waals surface area contributed by atoms with E-state index in [-0.39, 0.29) is 11.8 Å². The Labute approximate surface area is 176 Å². The highest BCUT2D eigenvalue weighted by Gasteiger charge is 2.25. The maximum atomic E-state index is 12.9. The number of halogens is 1. The van der Waals surface area contributed by atoms with Crippen molar-refractivity contribution in [3.63, 3.8) is 0 Å². The Balaban J connectivity index is 2.04. The molecule has 28 heavy (non-hydrogen) atoms. The van der Waals surface area contributed by atoms with Gasteiger partial charge in [0.1, 0.15) is 6.04 Å². The maximum Gasteiger partial charge on any atom is 0.242 e. The summed E-state index contributed by atoms with van der Waals surface area (Å²) in [7, 11) is 0. The van der Waals surface area contributed by atoms with Gasteiger partial charge in [0, 0.05) is 23.9 Å². The maximum absolute atomic E-state index is 12.9. The standard InChI is InChI=1S/C22H27ClN2O2S/c1-4-24-22(27)17(3)25(13-18-8-10-20(23)11-9-18)21(26)15-28-14-19-7-5-6-16(2)12-19/h5-12,17H,4,13-15H2,1-3H3,(H,24,27)/t17-/m1/s1. The second-order valence-electron chi connectivity index (χ2n) is 6.70. The Morgan fingerprint density at radius 2 is 1.86 bits per heavy atom. The molecule has 150 valence electrons. The largest absolute Gasteiger partial charge is 0.355 e. The number of thioether (sulfide) groups is 1. The number of carbonyl (C=O) groups is 2. The predicted octanol–water partition coefficient (Wildman–Crippen LogP) is 4.44. The number of benzene rings is 2. The molecule has 2 aromatic carbocycles. The Kier molecular flexibility index (Phi) is 8.87. The van der Waals surface area contributed by atoms with Crippen LogP contribution in [0, 0.1) is 6.92 Å². The molecule has 2 amide bonds. The van der Waals surface area contributed by atoms with Gasteiger partial charge < -0.3 is 10.2 Å². The molecular formula is C22H27ClN2O2S. The van der Waals surface area contributed by atoms with Crippen LogP contribution in [0.25, 0.3) is 0 Å². The van der Waals surface area contributed by atoms with Crippen LogP contribution in [0.2, 0.25) is 5.02 Å². The summed E-state index contributed by atoms with van der Waals surface area (Å²) >= 11 is 7.52. The van der Waals surface area contributed by atoms with Crippen molar-refractivity contribution in [3.8, 4) is 0 Å². The molecule has 0 heterocycles. The number of amides is 2. The van der Waals surface area contributed by atoms with E-state index in [1.54, 1.807) is 35.7 Å². The summed E-state index contributed by atoms with van der Waals surface area (Å²) in [5.41, 5.74) is 3.34. The molecule has 6 heteroatoms. The van der Waals surface area contributed by atoms with Gasteiger partial charge in [-0.3, -0.25) is 9.59 Å². The number of likely N-dealkylation sites (N-methyl/N-ethyl adjacent to an activating group) is 1. The fourth-order valence-corrected chi connectivity index (χ4v) is 3.82. The van der Waals surface area contributed by atoms with Crippen LogP contribution in [0.1, 0.15) is 30.5 Å². The first-order valence-corrected chi connectivity index (χ1v) is 10.9. The van der Waals surface area contributed by atoms with Gasteiger partial charge >= 0.3 is 0 Å². The van der Waals surface area contributed by atoms with Crippen molar-refractivity contribution < 1.29 is 9.59 Å². The number of nitrogens with zero attached hydrogens (tertiary/aromatic N) is 1. The van der Waals surface area contributed by atoms with Crippen molar-refractivity contribution in [3.05, 3.63) is 70.2 Å². The number of aryl methyl sites for hydroxylation is 1. The molecule has 2 aromatic rings. The lowest BCUT2D eigenvalue weighted by Gasteiger charge is -2.28. The lowest BCUT2D eigenvalue weighted by molar-refractivity contribution is -0.138. The fraction of sp³-hybridized carbons (Fsp3) is 0.364. The van der Waals surface area contributed by atoms with Gasteiger partial charge in [0.2, 0.25) is 11.8 Å². The molecule has 0 fully saturated rings. The van der Waals surface area contributed by atoms with E-state index < -0.39 is 6.04 Å². The second kappa shape index (κ2) is 11.1. The summed E-state index contributed by atoms with van der Waals surface area (Å²) in [5, 5.41) is 3.45. The molecule has 0 unspecified atom stereocenters. The van der Waals surface area contributed by atoms with Crippen LogP contribution in [0.5, 0.6) is 0 Å². The van der Waals surface area contributed by atoms with Crippen LogP contribution < -0.4 is 5.32 Å². The van der Waals surface area contributed by atoms with Gasteiger partial charge in [-0.1, -0.05) is 53.6 Å². The monoisotopic (exact) mass is 418 g/mol. The summed E-state index contributed by atoms with van der Waals surface area (Å²) in [5.74, 6) is 0.892. The highest BCUT2D eigenvalue weighted by Crippen LogP contribution is 2.17. The van der Waals surface area contributed by atoms with Crippen LogP contribution in [0.15, 0.2) is 48.5 Å². The van der Waals surface area contributed by atoms with Crippen molar-refractivity contribution in [1.82, 2.24) is 10.2 Å². The molecular weight excluding hydrogens is 392 g/mol. The average molecular weight is 419 g/mol. The Morgan fingerprint density at radius 3 is 2.50 bits per heavy atom. The second-order valence-corrected chi connectivity index (χ2v) is 8.12. The highest BCUT2D eigenvalue weighted by molar-refractivity contribution is 7.99. The predicted molar refractivity (Wildman–Crippen MR) is 117 cm³/mol. The minimum Gasteiger partial charge on any atom is -0.355 e. The third-order valence-electron chi connectivity index (χ3n) is 4.36. The number of rotatable bonds is 9. The van der Waals surface area contributed by atoms with Crippen molar-refractivity contribution in [1.29, 1.82) is 0 Å². The Morgan fingerprint density at radius 1 is 1.14 bits per heavy atom. The molecule has 4 nitrogen and oxygen atoms in total. The minimum absolute atomic E-state index is 0.0497. The van der Waals surface area contributed by atoms with Crippen LogP contribution in [-0.2, 0) is 21.9 Å². The van der Waals surface area contributed by atoms with Gasteiger partial charge in [0.05, 0.1) is 5.75 Å². The summed E-state index contributed by atoms with van der Waals surface area (Å²) in [6.45, 7) is 6.60. The van der Waals surface area contributed by atoms with Crippen molar-refractivity contribution in [2.45, 2.75) is 39.1 Å². The smallest absolute Gasteiger partial charge is 0.242 e. The van der Waals surface area contributed by atoms with Crippen LogP contribution in [-0.4, -0.2) is 35.1 Å². The van der Waals surface area contributed by atoms with E-state index in [4.69, 9.17) is 11.6 Å². The van der Waals surface area contributed by atoms with E-state index in [1.807, 2.05) is 25.1 Å². The van der Waals surface area contributed by atoms with Gasteiger partial charge in [-0.15, -0.1) is 11.8 Å². The topological polar surface area (TPSA) is 49.4 Å². The summed E-state index contributed by atoms with van der Waals surface area (Å²) in [6, 6.07) is 15.1.